The zero-order chi connectivity index (χ0) is 21.7. The Balaban J connectivity index is 2.36. The summed E-state index contributed by atoms with van der Waals surface area (Å²) in [7, 11) is -3.83. The van der Waals surface area contributed by atoms with Crippen LogP contribution in [0.4, 0.5) is 18.9 Å². The molecule has 11 heteroatoms. The molecule has 0 saturated carbocycles. The SMILES string of the molecule is CSC(C)C(=O)Nc1cc(S(=O)(=O)N2CCCCCC2)ccc1OCC(F)(F)F. The Morgan fingerprint density at radius 3 is 2.41 bits per heavy atom. The Morgan fingerprint density at radius 1 is 1.24 bits per heavy atom. The number of anilines is 1. The summed E-state index contributed by atoms with van der Waals surface area (Å²) in [4.78, 5) is 12.1. The van der Waals surface area contributed by atoms with E-state index in [1.807, 2.05) is 0 Å². The molecule has 1 atom stereocenters. The number of alkyl halides is 3. The van der Waals surface area contributed by atoms with E-state index in [0.29, 0.717) is 13.1 Å². The first-order chi connectivity index (χ1) is 13.5. The molecule has 1 fully saturated rings. The van der Waals surface area contributed by atoms with Crippen LogP contribution in [0, 0.1) is 0 Å². The van der Waals surface area contributed by atoms with E-state index in [2.05, 4.69) is 5.32 Å². The number of carbonyl (C=O) groups is 1. The molecule has 0 aliphatic carbocycles. The van der Waals surface area contributed by atoms with E-state index in [-0.39, 0.29) is 16.3 Å². The summed E-state index contributed by atoms with van der Waals surface area (Å²) in [6, 6.07) is 3.52. The number of hydrogen-bond acceptors (Lipinski definition) is 5. The van der Waals surface area contributed by atoms with Gasteiger partial charge in [0.1, 0.15) is 5.75 Å². The van der Waals surface area contributed by atoms with Crippen LogP contribution in [-0.2, 0) is 14.8 Å². The van der Waals surface area contributed by atoms with E-state index in [4.69, 9.17) is 4.74 Å². The van der Waals surface area contributed by atoms with Gasteiger partial charge in [-0.3, -0.25) is 4.79 Å². The van der Waals surface area contributed by atoms with Crippen molar-refractivity contribution in [2.75, 3.05) is 31.3 Å². The molecule has 0 aromatic heterocycles. The van der Waals surface area contributed by atoms with Gasteiger partial charge < -0.3 is 10.1 Å². The molecule has 1 unspecified atom stereocenters. The van der Waals surface area contributed by atoms with Crippen LogP contribution < -0.4 is 10.1 Å². The maximum atomic E-state index is 13.0. The monoisotopic (exact) mass is 454 g/mol. The lowest BCUT2D eigenvalue weighted by Crippen LogP contribution is -2.32. The summed E-state index contributed by atoms with van der Waals surface area (Å²) in [6.45, 7) is 0.861. The number of benzene rings is 1. The Bertz CT molecular complexity index is 808. The van der Waals surface area contributed by atoms with Crippen LogP contribution in [0.25, 0.3) is 0 Å². The van der Waals surface area contributed by atoms with E-state index in [9.17, 15) is 26.4 Å². The number of nitrogens with zero attached hydrogens (tertiary/aromatic N) is 1. The zero-order valence-electron chi connectivity index (χ0n) is 16.3. The number of rotatable bonds is 7. The van der Waals surface area contributed by atoms with E-state index < -0.39 is 34.0 Å². The molecule has 0 radical (unpaired) electrons. The van der Waals surface area contributed by atoms with Gasteiger partial charge in [-0.1, -0.05) is 12.8 Å². The van der Waals surface area contributed by atoms with Crippen molar-refractivity contribution in [1.82, 2.24) is 4.31 Å². The number of amides is 1. The number of carbonyl (C=O) groups excluding carboxylic acids is 1. The summed E-state index contributed by atoms with van der Waals surface area (Å²) < 4.78 is 69.8. The minimum Gasteiger partial charge on any atom is -0.482 e. The first-order valence-corrected chi connectivity index (χ1v) is 11.9. The highest BCUT2D eigenvalue weighted by molar-refractivity contribution is 7.99. The van der Waals surface area contributed by atoms with Crippen molar-refractivity contribution in [2.45, 2.75) is 48.9 Å². The van der Waals surface area contributed by atoms with E-state index >= 15 is 0 Å². The summed E-state index contributed by atoms with van der Waals surface area (Å²) in [5, 5.41) is 2.01. The molecule has 1 aromatic carbocycles. The second kappa shape index (κ2) is 10.0. The van der Waals surface area contributed by atoms with Crippen molar-refractivity contribution in [1.29, 1.82) is 0 Å². The molecule has 0 spiro atoms. The number of thioether (sulfide) groups is 1. The standard InChI is InChI=1S/C18H25F3N2O4S2/c1-13(28-2)17(24)22-15-11-14(7-8-16(15)27-12-18(19,20)21)29(25,26)23-9-5-3-4-6-10-23/h7-8,11,13H,3-6,9-10,12H2,1-2H3,(H,22,24). The van der Waals surface area contributed by atoms with Crippen LogP contribution in [0.5, 0.6) is 5.75 Å². The lowest BCUT2D eigenvalue weighted by molar-refractivity contribution is -0.153. The predicted molar refractivity (Wildman–Crippen MR) is 107 cm³/mol. The highest BCUT2D eigenvalue weighted by atomic mass is 32.2. The number of halogens is 3. The van der Waals surface area contributed by atoms with Gasteiger partial charge in [0.05, 0.1) is 15.8 Å². The Morgan fingerprint density at radius 2 is 1.86 bits per heavy atom. The van der Waals surface area contributed by atoms with E-state index in [0.717, 1.165) is 37.8 Å². The topological polar surface area (TPSA) is 75.7 Å². The van der Waals surface area contributed by atoms with Gasteiger partial charge in [-0.15, -0.1) is 0 Å². The largest absolute Gasteiger partial charge is 0.482 e. The Hall–Kier alpha value is -1.46. The fourth-order valence-electron chi connectivity index (χ4n) is 2.83. The van der Waals surface area contributed by atoms with Crippen LogP contribution >= 0.6 is 11.8 Å². The third-order valence-electron chi connectivity index (χ3n) is 4.53. The molecule has 164 valence electrons. The highest BCUT2D eigenvalue weighted by Gasteiger charge is 2.30. The van der Waals surface area contributed by atoms with Crippen LogP contribution in [0.1, 0.15) is 32.6 Å². The molecule has 6 nitrogen and oxygen atoms in total. The lowest BCUT2D eigenvalue weighted by atomic mass is 10.2. The first-order valence-electron chi connectivity index (χ1n) is 9.22. The van der Waals surface area contributed by atoms with Gasteiger partial charge in [0, 0.05) is 13.1 Å². The van der Waals surface area contributed by atoms with Gasteiger partial charge in [-0.25, -0.2) is 8.42 Å². The zero-order valence-corrected chi connectivity index (χ0v) is 17.9. The molecule has 1 aliphatic heterocycles. The average molecular weight is 455 g/mol. The predicted octanol–water partition coefficient (Wildman–Crippen LogP) is 3.88. The summed E-state index contributed by atoms with van der Waals surface area (Å²) in [5.74, 6) is -0.697. The fraction of sp³-hybridized carbons (Fsp3) is 0.611. The third-order valence-corrected chi connectivity index (χ3v) is 7.34. The molecule has 1 aromatic rings. The second-order valence-electron chi connectivity index (χ2n) is 6.75. The average Bonchev–Trinajstić information content (AvgIpc) is 2.95. The molecule has 29 heavy (non-hydrogen) atoms. The van der Waals surface area contributed by atoms with Crippen molar-refractivity contribution >= 4 is 33.4 Å². The Kier molecular flexibility index (Phi) is 8.24. The van der Waals surface area contributed by atoms with Gasteiger partial charge in [0.25, 0.3) is 0 Å². The smallest absolute Gasteiger partial charge is 0.422 e. The molecule has 1 heterocycles. The molecule has 1 aliphatic rings. The second-order valence-corrected chi connectivity index (χ2v) is 9.86. The van der Waals surface area contributed by atoms with E-state index in [1.54, 1.807) is 13.2 Å². The van der Waals surface area contributed by atoms with E-state index in [1.165, 1.54) is 22.1 Å². The van der Waals surface area contributed by atoms with Crippen molar-refractivity contribution in [3.8, 4) is 5.75 Å². The van der Waals surface area contributed by atoms with Crippen molar-refractivity contribution in [3.63, 3.8) is 0 Å². The molecular formula is C18H25F3N2O4S2. The van der Waals surface area contributed by atoms with Crippen LogP contribution in [0.2, 0.25) is 0 Å². The maximum absolute atomic E-state index is 13.0. The van der Waals surface area contributed by atoms with Crippen molar-refractivity contribution in [2.24, 2.45) is 0 Å². The summed E-state index contributed by atoms with van der Waals surface area (Å²) in [6.07, 6.45) is 0.548. The fourth-order valence-corrected chi connectivity index (χ4v) is 4.64. The van der Waals surface area contributed by atoms with Crippen molar-refractivity contribution in [3.05, 3.63) is 18.2 Å². The molecule has 0 bridgehead atoms. The number of hydrogen-bond donors (Lipinski definition) is 1. The van der Waals surface area contributed by atoms with Gasteiger partial charge in [-0.2, -0.15) is 29.2 Å². The van der Waals surface area contributed by atoms with Gasteiger partial charge in [-0.05, 0) is 44.2 Å². The Labute approximate surface area is 173 Å². The van der Waals surface area contributed by atoms with Gasteiger partial charge in [0.2, 0.25) is 15.9 Å². The summed E-state index contributed by atoms with van der Waals surface area (Å²) >= 11 is 1.25. The number of ether oxygens (including phenoxy) is 1. The molecular weight excluding hydrogens is 429 g/mol. The maximum Gasteiger partial charge on any atom is 0.422 e. The van der Waals surface area contributed by atoms with Gasteiger partial charge in [0.15, 0.2) is 6.61 Å². The van der Waals surface area contributed by atoms with Gasteiger partial charge >= 0.3 is 6.18 Å². The van der Waals surface area contributed by atoms with Crippen LogP contribution in [0.15, 0.2) is 23.1 Å². The molecule has 1 N–H and O–H groups in total. The van der Waals surface area contributed by atoms with Crippen LogP contribution in [-0.4, -0.2) is 56.0 Å². The first kappa shape index (κ1) is 23.8. The lowest BCUT2D eigenvalue weighted by Gasteiger charge is -2.21. The highest BCUT2D eigenvalue weighted by Crippen LogP contribution is 2.32. The normalized spacial score (nSPS) is 17.4. The molecule has 1 amide bonds. The third kappa shape index (κ3) is 6.78. The minimum atomic E-state index is -4.56. The molecule has 2 rings (SSSR count). The van der Waals surface area contributed by atoms with Crippen LogP contribution in [0.3, 0.4) is 0 Å². The van der Waals surface area contributed by atoms with Crippen molar-refractivity contribution < 1.29 is 31.1 Å². The minimum absolute atomic E-state index is 0.0918. The number of sulfonamides is 1. The number of nitrogens with one attached hydrogen (secondary N) is 1. The summed E-state index contributed by atoms with van der Waals surface area (Å²) in [5.41, 5.74) is -0.101. The quantitative estimate of drug-likeness (QED) is 0.677. The molecule has 1 saturated heterocycles.